The summed E-state index contributed by atoms with van der Waals surface area (Å²) in [6, 6.07) is 12.0. The van der Waals surface area contributed by atoms with Gasteiger partial charge in [-0.3, -0.25) is 4.79 Å². The van der Waals surface area contributed by atoms with Gasteiger partial charge in [0.2, 0.25) is 0 Å². The van der Waals surface area contributed by atoms with Gasteiger partial charge in [0.25, 0.3) is 5.91 Å². The molecule has 0 aromatic heterocycles. The van der Waals surface area contributed by atoms with Crippen molar-refractivity contribution < 1.29 is 23.4 Å². The van der Waals surface area contributed by atoms with E-state index in [0.717, 1.165) is 12.1 Å². The SMILES string of the molecule is O=C(C#Cc1ccccc1)NCC(O)COc1ccc(F)c(F)c1. The number of ether oxygens (including phenoxy) is 1. The standard InChI is InChI=1S/C18H15F2NO3/c19-16-8-7-15(10-17(16)20)24-12-14(22)11-21-18(23)9-6-13-4-2-1-3-5-13/h1-5,7-8,10,14,22H,11-12H2,(H,21,23). The lowest BCUT2D eigenvalue weighted by Gasteiger charge is -2.12. The molecule has 124 valence electrons. The van der Waals surface area contributed by atoms with Crippen molar-refractivity contribution in [2.45, 2.75) is 6.10 Å². The van der Waals surface area contributed by atoms with Crippen molar-refractivity contribution in [1.82, 2.24) is 5.32 Å². The van der Waals surface area contributed by atoms with Gasteiger partial charge in [-0.1, -0.05) is 24.1 Å². The fourth-order valence-corrected chi connectivity index (χ4v) is 1.72. The third kappa shape index (κ3) is 5.71. The number of halogens is 2. The molecule has 0 fully saturated rings. The lowest BCUT2D eigenvalue weighted by molar-refractivity contribution is -0.116. The molecule has 1 atom stereocenters. The Labute approximate surface area is 138 Å². The first kappa shape index (κ1) is 17.4. The number of carbonyl (C=O) groups excluding carboxylic acids is 1. The zero-order valence-corrected chi connectivity index (χ0v) is 12.6. The second kappa shape index (κ2) is 8.65. The number of nitrogens with one attached hydrogen (secondary N) is 1. The minimum Gasteiger partial charge on any atom is -0.491 e. The zero-order chi connectivity index (χ0) is 17.4. The maximum Gasteiger partial charge on any atom is 0.296 e. The monoisotopic (exact) mass is 331 g/mol. The van der Waals surface area contributed by atoms with E-state index in [2.05, 4.69) is 17.2 Å². The van der Waals surface area contributed by atoms with Gasteiger partial charge in [0.15, 0.2) is 11.6 Å². The quantitative estimate of drug-likeness (QED) is 0.823. The Morgan fingerprint density at radius 2 is 1.92 bits per heavy atom. The highest BCUT2D eigenvalue weighted by molar-refractivity contribution is 5.94. The van der Waals surface area contributed by atoms with Crippen LogP contribution in [0.5, 0.6) is 5.75 Å². The Morgan fingerprint density at radius 3 is 2.62 bits per heavy atom. The van der Waals surface area contributed by atoms with Crippen molar-refractivity contribution in [1.29, 1.82) is 0 Å². The molecule has 4 nitrogen and oxygen atoms in total. The van der Waals surface area contributed by atoms with Crippen LogP contribution in [0.3, 0.4) is 0 Å². The summed E-state index contributed by atoms with van der Waals surface area (Å²) in [7, 11) is 0. The molecule has 2 rings (SSSR count). The van der Waals surface area contributed by atoms with Crippen LogP contribution in [0.15, 0.2) is 48.5 Å². The van der Waals surface area contributed by atoms with Crippen molar-refractivity contribution in [3.63, 3.8) is 0 Å². The molecule has 0 heterocycles. The van der Waals surface area contributed by atoms with Crippen LogP contribution < -0.4 is 10.1 Å². The Kier molecular flexibility index (Phi) is 6.29. The molecule has 0 aliphatic carbocycles. The summed E-state index contributed by atoms with van der Waals surface area (Å²) in [5.74, 6) is 2.62. The van der Waals surface area contributed by atoms with E-state index in [-0.39, 0.29) is 18.9 Å². The second-order valence-corrected chi connectivity index (χ2v) is 4.87. The van der Waals surface area contributed by atoms with Crippen molar-refractivity contribution in [2.24, 2.45) is 0 Å². The Balaban J connectivity index is 1.74. The van der Waals surface area contributed by atoms with Crippen LogP contribution in [-0.4, -0.2) is 30.3 Å². The number of hydrogen-bond acceptors (Lipinski definition) is 3. The summed E-state index contributed by atoms with van der Waals surface area (Å²) in [5, 5.41) is 12.1. The van der Waals surface area contributed by atoms with E-state index < -0.39 is 23.6 Å². The molecule has 6 heteroatoms. The molecule has 2 aromatic carbocycles. The van der Waals surface area contributed by atoms with Gasteiger partial charge in [0, 0.05) is 24.1 Å². The number of amides is 1. The van der Waals surface area contributed by atoms with E-state index >= 15 is 0 Å². The predicted molar refractivity (Wildman–Crippen MR) is 84.2 cm³/mol. The third-order valence-electron chi connectivity index (χ3n) is 2.93. The molecule has 0 spiro atoms. The molecule has 2 N–H and O–H groups in total. The van der Waals surface area contributed by atoms with E-state index in [1.54, 1.807) is 24.3 Å². The maximum atomic E-state index is 13.0. The average molecular weight is 331 g/mol. The summed E-state index contributed by atoms with van der Waals surface area (Å²) in [5.41, 5.74) is 0.704. The molecule has 0 aliphatic heterocycles. The number of hydrogen-bond donors (Lipinski definition) is 2. The lowest BCUT2D eigenvalue weighted by atomic mass is 10.2. The fourth-order valence-electron chi connectivity index (χ4n) is 1.72. The van der Waals surface area contributed by atoms with Gasteiger partial charge < -0.3 is 15.2 Å². The number of aliphatic hydroxyl groups excluding tert-OH is 1. The van der Waals surface area contributed by atoms with Crippen LogP contribution in [0, 0.1) is 23.5 Å². The summed E-state index contributed by atoms with van der Waals surface area (Å²) in [6.45, 7) is -0.260. The van der Waals surface area contributed by atoms with Gasteiger partial charge in [-0.25, -0.2) is 8.78 Å². The van der Waals surface area contributed by atoms with Crippen LogP contribution in [0.25, 0.3) is 0 Å². The summed E-state index contributed by atoms with van der Waals surface area (Å²) in [4.78, 5) is 11.5. The summed E-state index contributed by atoms with van der Waals surface area (Å²) >= 11 is 0. The van der Waals surface area contributed by atoms with E-state index in [0.29, 0.717) is 5.56 Å². The van der Waals surface area contributed by atoms with Gasteiger partial charge >= 0.3 is 0 Å². The molecule has 0 saturated heterocycles. The second-order valence-electron chi connectivity index (χ2n) is 4.87. The first-order chi connectivity index (χ1) is 11.5. The molecule has 0 saturated carbocycles. The van der Waals surface area contributed by atoms with Gasteiger partial charge in [-0.15, -0.1) is 0 Å². The molecule has 0 radical (unpaired) electrons. The fraction of sp³-hybridized carbons (Fsp3) is 0.167. The first-order valence-electron chi connectivity index (χ1n) is 7.15. The van der Waals surface area contributed by atoms with Crippen molar-refractivity contribution in [3.05, 3.63) is 65.7 Å². The molecule has 1 unspecified atom stereocenters. The number of carbonyl (C=O) groups is 1. The molecule has 24 heavy (non-hydrogen) atoms. The Hall–Kier alpha value is -2.91. The van der Waals surface area contributed by atoms with Gasteiger partial charge in [-0.2, -0.15) is 0 Å². The zero-order valence-electron chi connectivity index (χ0n) is 12.6. The molecule has 0 bridgehead atoms. The van der Waals surface area contributed by atoms with Crippen LogP contribution in [0.2, 0.25) is 0 Å². The van der Waals surface area contributed by atoms with Gasteiger partial charge in [-0.05, 0) is 24.3 Å². The largest absolute Gasteiger partial charge is 0.491 e. The Bertz CT molecular complexity index is 754. The normalized spacial score (nSPS) is 11.1. The Morgan fingerprint density at radius 1 is 1.17 bits per heavy atom. The van der Waals surface area contributed by atoms with Crippen molar-refractivity contribution in [3.8, 4) is 17.6 Å². The van der Waals surface area contributed by atoms with Crippen molar-refractivity contribution >= 4 is 5.91 Å². The first-order valence-corrected chi connectivity index (χ1v) is 7.15. The highest BCUT2D eigenvalue weighted by Gasteiger charge is 2.08. The minimum absolute atomic E-state index is 0.0774. The van der Waals surface area contributed by atoms with Crippen LogP contribution in [0.4, 0.5) is 8.78 Å². The van der Waals surface area contributed by atoms with Gasteiger partial charge in [0.1, 0.15) is 18.5 Å². The number of aliphatic hydroxyl groups is 1. The molecular weight excluding hydrogens is 316 g/mol. The summed E-state index contributed by atoms with van der Waals surface area (Å²) < 4.78 is 30.9. The number of rotatable bonds is 5. The topological polar surface area (TPSA) is 58.6 Å². The molecular formula is C18H15F2NO3. The smallest absolute Gasteiger partial charge is 0.296 e. The lowest BCUT2D eigenvalue weighted by Crippen LogP contribution is -2.34. The molecule has 1 amide bonds. The van der Waals surface area contributed by atoms with Crippen LogP contribution >= 0.6 is 0 Å². The van der Waals surface area contributed by atoms with Crippen LogP contribution in [-0.2, 0) is 4.79 Å². The molecule has 2 aromatic rings. The average Bonchev–Trinajstić information content (AvgIpc) is 2.60. The van der Waals surface area contributed by atoms with E-state index in [9.17, 15) is 18.7 Å². The van der Waals surface area contributed by atoms with Crippen LogP contribution in [0.1, 0.15) is 5.56 Å². The highest BCUT2D eigenvalue weighted by atomic mass is 19.2. The van der Waals surface area contributed by atoms with E-state index in [1.165, 1.54) is 6.07 Å². The number of benzene rings is 2. The summed E-state index contributed by atoms with van der Waals surface area (Å²) in [6.07, 6.45) is -1.01. The van der Waals surface area contributed by atoms with Gasteiger partial charge in [0.05, 0.1) is 0 Å². The molecule has 0 aliphatic rings. The highest BCUT2D eigenvalue weighted by Crippen LogP contribution is 2.15. The predicted octanol–water partition coefficient (Wildman–Crippen LogP) is 1.87. The maximum absolute atomic E-state index is 13.0. The van der Waals surface area contributed by atoms with Crippen molar-refractivity contribution in [2.75, 3.05) is 13.2 Å². The minimum atomic E-state index is -1.04. The van der Waals surface area contributed by atoms with E-state index in [4.69, 9.17) is 4.74 Å². The van der Waals surface area contributed by atoms with E-state index in [1.807, 2.05) is 6.07 Å². The third-order valence-corrected chi connectivity index (χ3v) is 2.93.